The van der Waals surface area contributed by atoms with Gasteiger partial charge in [0.2, 0.25) is 5.82 Å². The van der Waals surface area contributed by atoms with Gasteiger partial charge in [-0.1, -0.05) is 0 Å². The summed E-state index contributed by atoms with van der Waals surface area (Å²) in [5, 5.41) is 6.16. The van der Waals surface area contributed by atoms with E-state index in [9.17, 15) is 26.7 Å². The second-order valence-corrected chi connectivity index (χ2v) is 5.79. The van der Waals surface area contributed by atoms with Gasteiger partial charge in [-0.25, -0.2) is 22.0 Å². The summed E-state index contributed by atoms with van der Waals surface area (Å²) >= 11 is 3.03. The van der Waals surface area contributed by atoms with Crippen LogP contribution in [0.2, 0.25) is 0 Å². The normalized spacial score (nSPS) is 11.0. The molecule has 0 bridgehead atoms. The summed E-state index contributed by atoms with van der Waals surface area (Å²) in [7, 11) is 0. The maximum Gasteiger partial charge on any atom is 0.292 e. The first-order chi connectivity index (χ1) is 12.3. The molecule has 0 unspecified atom stereocenters. The third-order valence-electron chi connectivity index (χ3n) is 3.30. The highest BCUT2D eigenvalue weighted by Crippen LogP contribution is 2.24. The van der Waals surface area contributed by atoms with E-state index in [4.69, 9.17) is 4.42 Å². The number of halogens is 6. The Morgan fingerprint density at radius 3 is 2.23 bits per heavy atom. The molecule has 5 nitrogen and oxygen atoms in total. The van der Waals surface area contributed by atoms with Gasteiger partial charge in [-0.3, -0.25) is 9.48 Å². The van der Waals surface area contributed by atoms with Crippen LogP contribution in [0.3, 0.4) is 0 Å². The second kappa shape index (κ2) is 6.90. The molecule has 1 aromatic carbocycles. The summed E-state index contributed by atoms with van der Waals surface area (Å²) in [5.74, 6) is -10.9. The number of anilines is 1. The van der Waals surface area contributed by atoms with E-state index in [2.05, 4.69) is 26.3 Å². The molecule has 3 aromatic rings. The number of hydrogen-bond acceptors (Lipinski definition) is 3. The minimum atomic E-state index is -2.23. The third-order valence-corrected chi connectivity index (χ3v) is 3.73. The summed E-state index contributed by atoms with van der Waals surface area (Å²) in [6.45, 7) is -0.728. The van der Waals surface area contributed by atoms with Crippen molar-refractivity contribution in [3.05, 3.63) is 69.5 Å². The molecule has 2 heterocycles. The number of amides is 1. The van der Waals surface area contributed by atoms with Gasteiger partial charge in [-0.2, -0.15) is 5.10 Å². The van der Waals surface area contributed by atoms with Crippen LogP contribution in [0.5, 0.6) is 0 Å². The summed E-state index contributed by atoms with van der Waals surface area (Å²) < 4.78 is 73.1. The number of rotatable bonds is 4. The van der Waals surface area contributed by atoms with Gasteiger partial charge in [0.25, 0.3) is 5.91 Å². The lowest BCUT2D eigenvalue weighted by Crippen LogP contribution is -2.13. The Kier molecular flexibility index (Phi) is 4.81. The van der Waals surface area contributed by atoms with Crippen LogP contribution in [0.15, 0.2) is 33.5 Å². The van der Waals surface area contributed by atoms with Gasteiger partial charge in [0.15, 0.2) is 39.5 Å². The average Bonchev–Trinajstić information content (AvgIpc) is 3.24. The molecule has 0 fully saturated rings. The summed E-state index contributed by atoms with van der Waals surface area (Å²) in [6, 6.07) is 4.17. The van der Waals surface area contributed by atoms with Crippen LogP contribution in [-0.4, -0.2) is 15.7 Å². The zero-order valence-electron chi connectivity index (χ0n) is 12.5. The van der Waals surface area contributed by atoms with Crippen molar-refractivity contribution in [1.82, 2.24) is 9.78 Å². The van der Waals surface area contributed by atoms with E-state index in [0.717, 1.165) is 4.68 Å². The number of nitrogens with zero attached hydrogens (tertiary/aromatic N) is 2. The highest BCUT2D eigenvalue weighted by molar-refractivity contribution is 9.10. The average molecular weight is 436 g/mol. The van der Waals surface area contributed by atoms with Gasteiger partial charge in [0.1, 0.15) is 0 Å². The number of hydrogen-bond donors (Lipinski definition) is 1. The minimum absolute atomic E-state index is 0.00797. The maximum atomic E-state index is 13.7. The Morgan fingerprint density at radius 1 is 1.04 bits per heavy atom. The van der Waals surface area contributed by atoms with Crippen molar-refractivity contribution in [2.24, 2.45) is 0 Å². The molecule has 0 atom stereocenters. The maximum absolute atomic E-state index is 13.7. The predicted octanol–water partition coefficient (Wildman–Crippen LogP) is 4.23. The van der Waals surface area contributed by atoms with E-state index in [1.807, 2.05) is 0 Å². The minimum Gasteiger partial charge on any atom is -0.444 e. The van der Waals surface area contributed by atoms with E-state index >= 15 is 0 Å². The van der Waals surface area contributed by atoms with Crippen molar-refractivity contribution in [2.75, 3.05) is 5.32 Å². The van der Waals surface area contributed by atoms with E-state index in [-0.39, 0.29) is 11.6 Å². The summed E-state index contributed by atoms with van der Waals surface area (Å²) in [4.78, 5) is 11.9. The first kappa shape index (κ1) is 18.1. The Labute approximate surface area is 150 Å². The summed E-state index contributed by atoms with van der Waals surface area (Å²) in [5.41, 5.74) is -1.04. The molecule has 0 radical (unpaired) electrons. The molecule has 0 spiro atoms. The number of furan rings is 1. The molecule has 1 N–H and O–H groups in total. The van der Waals surface area contributed by atoms with Crippen LogP contribution in [0.25, 0.3) is 0 Å². The van der Waals surface area contributed by atoms with Crippen LogP contribution < -0.4 is 5.32 Å². The number of aromatic nitrogens is 2. The van der Waals surface area contributed by atoms with Gasteiger partial charge in [-0.15, -0.1) is 0 Å². The smallest absolute Gasteiger partial charge is 0.292 e. The topological polar surface area (TPSA) is 60.1 Å². The zero-order valence-corrected chi connectivity index (χ0v) is 14.1. The lowest BCUT2D eigenvalue weighted by molar-refractivity contribution is 0.0995. The fraction of sp³-hybridized carbons (Fsp3) is 0.0667. The third kappa shape index (κ3) is 3.34. The SMILES string of the molecule is O=C(Nc1ccn(Cc2c(F)c(F)c(F)c(F)c2F)n1)c1ccc(Br)o1. The van der Waals surface area contributed by atoms with Crippen molar-refractivity contribution in [3.8, 4) is 0 Å². The summed E-state index contributed by atoms with van der Waals surface area (Å²) in [6.07, 6.45) is 1.20. The first-order valence-corrected chi connectivity index (χ1v) is 7.67. The zero-order chi connectivity index (χ0) is 19.0. The molecule has 0 aliphatic carbocycles. The van der Waals surface area contributed by atoms with Crippen LogP contribution in [0.4, 0.5) is 27.8 Å². The van der Waals surface area contributed by atoms with Gasteiger partial charge in [0.05, 0.1) is 12.1 Å². The molecule has 3 rings (SSSR count). The van der Waals surface area contributed by atoms with Crippen molar-refractivity contribution < 1.29 is 31.2 Å². The molecule has 0 aliphatic heterocycles. The molecule has 1 amide bonds. The van der Waals surface area contributed by atoms with Gasteiger partial charge in [-0.05, 0) is 28.1 Å². The van der Waals surface area contributed by atoms with Gasteiger partial charge in [0, 0.05) is 12.3 Å². The van der Waals surface area contributed by atoms with E-state index in [1.165, 1.54) is 24.4 Å². The molecule has 0 aliphatic rings. The van der Waals surface area contributed by atoms with Crippen molar-refractivity contribution in [3.63, 3.8) is 0 Å². The fourth-order valence-electron chi connectivity index (χ4n) is 2.08. The molecule has 0 saturated heterocycles. The van der Waals surface area contributed by atoms with Gasteiger partial charge >= 0.3 is 0 Å². The molecule has 26 heavy (non-hydrogen) atoms. The molecule has 136 valence electrons. The van der Waals surface area contributed by atoms with Crippen LogP contribution in [-0.2, 0) is 6.54 Å². The molecule has 2 aromatic heterocycles. The Balaban J connectivity index is 1.80. The molecule has 11 heteroatoms. The quantitative estimate of drug-likeness (QED) is 0.379. The van der Waals surface area contributed by atoms with Crippen molar-refractivity contribution in [1.29, 1.82) is 0 Å². The van der Waals surface area contributed by atoms with Crippen molar-refractivity contribution in [2.45, 2.75) is 6.54 Å². The monoisotopic (exact) mass is 435 g/mol. The highest BCUT2D eigenvalue weighted by Gasteiger charge is 2.26. The number of carbonyl (C=O) groups excluding carboxylic acids is 1. The van der Waals surface area contributed by atoms with Crippen LogP contribution >= 0.6 is 15.9 Å². The molecule has 0 saturated carbocycles. The standard InChI is InChI=1S/C15H7BrF5N3O2/c16-8-2-1-7(26-8)15(25)22-9-3-4-24(23-9)5-6-10(17)12(19)14(21)13(20)11(6)18/h1-4H,5H2,(H,22,23,25). The second-order valence-electron chi connectivity index (χ2n) is 5.00. The Morgan fingerprint density at radius 2 is 1.65 bits per heavy atom. The Bertz CT molecular complexity index is 972. The van der Waals surface area contributed by atoms with E-state index in [0.29, 0.717) is 4.67 Å². The van der Waals surface area contributed by atoms with Crippen LogP contribution in [0, 0.1) is 29.1 Å². The lowest BCUT2D eigenvalue weighted by Gasteiger charge is -2.08. The first-order valence-electron chi connectivity index (χ1n) is 6.88. The van der Waals surface area contributed by atoms with Crippen LogP contribution in [0.1, 0.15) is 16.1 Å². The number of carbonyl (C=O) groups is 1. The number of nitrogens with one attached hydrogen (secondary N) is 1. The van der Waals surface area contributed by atoms with Gasteiger partial charge < -0.3 is 9.73 Å². The van der Waals surface area contributed by atoms with E-state index < -0.39 is 47.1 Å². The fourth-order valence-corrected chi connectivity index (χ4v) is 2.39. The lowest BCUT2D eigenvalue weighted by atomic mass is 10.1. The molecular weight excluding hydrogens is 429 g/mol. The highest BCUT2D eigenvalue weighted by atomic mass is 79.9. The van der Waals surface area contributed by atoms with E-state index in [1.54, 1.807) is 0 Å². The number of benzene rings is 1. The predicted molar refractivity (Wildman–Crippen MR) is 81.9 cm³/mol. The largest absolute Gasteiger partial charge is 0.444 e. The Hall–Kier alpha value is -2.69. The van der Waals surface area contributed by atoms with Crippen molar-refractivity contribution >= 4 is 27.7 Å². The molecular formula is C15H7BrF5N3O2.